The second kappa shape index (κ2) is 17.4. The molecule has 4 aromatic rings. The minimum atomic E-state index is -1.22. The summed E-state index contributed by atoms with van der Waals surface area (Å²) < 4.78 is 17.6. The third-order valence-corrected chi connectivity index (χ3v) is 8.51. The number of aliphatic hydroxyl groups excluding tert-OH is 1. The van der Waals surface area contributed by atoms with Gasteiger partial charge in [-0.05, 0) is 66.4 Å². The molecule has 0 saturated heterocycles. The molecule has 0 spiro atoms. The quantitative estimate of drug-likeness (QED) is 0.113. The lowest BCUT2D eigenvalue weighted by atomic mass is 9.85. The van der Waals surface area contributed by atoms with Crippen molar-refractivity contribution in [3.8, 4) is 16.9 Å². The second-order valence-electron chi connectivity index (χ2n) is 12.7. The number of amides is 2. The summed E-state index contributed by atoms with van der Waals surface area (Å²) >= 11 is 0. The number of fused-ring (bicyclic) bond motifs is 1. The molecule has 2 N–H and O–H groups in total. The summed E-state index contributed by atoms with van der Waals surface area (Å²) in [6.07, 6.45) is -0.952. The summed E-state index contributed by atoms with van der Waals surface area (Å²) in [7, 11) is 0. The zero-order chi connectivity index (χ0) is 36.3. The average molecular weight is 693 g/mol. The molecule has 1 heterocycles. The van der Waals surface area contributed by atoms with Gasteiger partial charge in [0, 0.05) is 30.6 Å². The molecule has 51 heavy (non-hydrogen) atoms. The molecule has 3 atom stereocenters. The largest absolute Gasteiger partial charge is 0.493 e. The Bertz CT molecular complexity index is 1790. The monoisotopic (exact) mass is 692 g/mol. The molecule has 0 radical (unpaired) electrons. The fraction of sp³-hybridized carbons (Fsp3) is 0.317. The number of nitrogens with zero attached hydrogens (tertiary/aromatic N) is 1. The lowest BCUT2D eigenvalue weighted by molar-refractivity contribution is -0.144. The third kappa shape index (κ3) is 9.20. The van der Waals surface area contributed by atoms with Gasteiger partial charge in [-0.2, -0.15) is 0 Å². The molecule has 266 valence electrons. The van der Waals surface area contributed by atoms with E-state index in [1.165, 1.54) is 4.90 Å². The van der Waals surface area contributed by atoms with Gasteiger partial charge < -0.3 is 29.5 Å². The van der Waals surface area contributed by atoms with Crippen LogP contribution < -0.4 is 15.0 Å². The first kappa shape index (κ1) is 36.8. The Hall–Kier alpha value is -5.48. The van der Waals surface area contributed by atoms with Crippen LogP contribution in [0.1, 0.15) is 72.4 Å². The lowest BCUT2D eigenvalue weighted by Gasteiger charge is -2.45. The zero-order valence-corrected chi connectivity index (χ0v) is 29.1. The first-order chi connectivity index (χ1) is 24.7. The normalized spacial score (nSPS) is 16.6. The van der Waals surface area contributed by atoms with E-state index >= 15 is 0 Å². The third-order valence-electron chi connectivity index (χ3n) is 8.51. The minimum absolute atomic E-state index is 0.0248. The Labute approximate surface area is 298 Å². The molecule has 10 heteroatoms. The second-order valence-corrected chi connectivity index (χ2v) is 12.7. The van der Waals surface area contributed by atoms with E-state index in [2.05, 4.69) is 5.32 Å². The highest BCUT2D eigenvalue weighted by atomic mass is 16.5. The van der Waals surface area contributed by atoms with E-state index in [9.17, 15) is 24.3 Å². The Morgan fingerprint density at radius 2 is 1.51 bits per heavy atom. The number of hydrogen-bond acceptors (Lipinski definition) is 8. The van der Waals surface area contributed by atoms with Crippen molar-refractivity contribution in [1.29, 1.82) is 0 Å². The average Bonchev–Trinajstić information content (AvgIpc) is 3.13. The van der Waals surface area contributed by atoms with Gasteiger partial charge in [0.25, 0.3) is 5.91 Å². The SMILES string of the molecule is CCOC(=O)C[C@H]1[C@H](OC(=O)c2ccc(-c3ccccc3)cc2)[C@@H](NC(=O)CC(C)C)c2cc(OCCCO)ccc2N1C(=O)c1ccccc1. The number of hydrogen-bond donors (Lipinski definition) is 2. The van der Waals surface area contributed by atoms with Crippen molar-refractivity contribution in [3.05, 3.63) is 120 Å². The molecule has 0 unspecified atom stereocenters. The van der Waals surface area contributed by atoms with E-state index in [4.69, 9.17) is 14.2 Å². The Morgan fingerprint density at radius 1 is 0.843 bits per heavy atom. The number of aliphatic hydroxyl groups is 1. The van der Waals surface area contributed by atoms with E-state index in [-0.39, 0.29) is 50.1 Å². The number of anilines is 1. The smallest absolute Gasteiger partial charge is 0.338 e. The molecule has 5 rings (SSSR count). The number of nitrogens with one attached hydrogen (secondary N) is 1. The Morgan fingerprint density at radius 3 is 2.16 bits per heavy atom. The van der Waals surface area contributed by atoms with Crippen LogP contribution in [0.5, 0.6) is 5.75 Å². The van der Waals surface area contributed by atoms with E-state index in [1.807, 2.05) is 56.3 Å². The molecule has 1 aliphatic rings. The summed E-state index contributed by atoms with van der Waals surface area (Å²) in [5, 5.41) is 12.4. The number of benzene rings is 4. The first-order valence-electron chi connectivity index (χ1n) is 17.3. The van der Waals surface area contributed by atoms with Gasteiger partial charge >= 0.3 is 11.9 Å². The Balaban J connectivity index is 1.63. The van der Waals surface area contributed by atoms with Crippen molar-refractivity contribution in [1.82, 2.24) is 5.32 Å². The number of carbonyl (C=O) groups excluding carboxylic acids is 4. The van der Waals surface area contributed by atoms with Crippen molar-refractivity contribution in [2.45, 2.75) is 58.2 Å². The number of rotatable bonds is 14. The van der Waals surface area contributed by atoms with Gasteiger partial charge in [-0.15, -0.1) is 0 Å². The molecule has 1 aliphatic heterocycles. The molecule has 0 bridgehead atoms. The van der Waals surface area contributed by atoms with Crippen molar-refractivity contribution in [2.75, 3.05) is 24.7 Å². The van der Waals surface area contributed by atoms with Gasteiger partial charge in [0.1, 0.15) is 11.9 Å². The standard InChI is InChI=1S/C41H44N2O8/c1-4-49-37(46)26-35-39(51-41(48)31-18-16-29(17-19-31)28-12-7-5-8-13-28)38(42-36(45)24-27(2)3)33-25-32(50-23-11-22-44)20-21-34(33)43(35)40(47)30-14-9-6-10-15-30/h5-10,12-21,25,27,35,38-39,44H,4,11,22-24,26H2,1-3H3,(H,42,45)/t35-,38-,39-/m0/s1. The van der Waals surface area contributed by atoms with Crippen molar-refractivity contribution in [2.24, 2.45) is 5.92 Å². The molecule has 10 nitrogen and oxygen atoms in total. The van der Waals surface area contributed by atoms with Crippen molar-refractivity contribution in [3.63, 3.8) is 0 Å². The van der Waals surface area contributed by atoms with Gasteiger partial charge in [0.15, 0.2) is 0 Å². The molecule has 2 amide bonds. The predicted octanol–water partition coefficient (Wildman–Crippen LogP) is 6.53. The van der Waals surface area contributed by atoms with Gasteiger partial charge in [0.05, 0.1) is 43.0 Å². The molecule has 0 aliphatic carbocycles. The Kier molecular flexibility index (Phi) is 12.6. The summed E-state index contributed by atoms with van der Waals surface area (Å²) in [4.78, 5) is 56.7. The first-order valence-corrected chi connectivity index (χ1v) is 17.3. The lowest BCUT2D eigenvalue weighted by Crippen LogP contribution is -2.58. The van der Waals surface area contributed by atoms with Crippen LogP contribution in [0.15, 0.2) is 103 Å². The molecular formula is C41H44N2O8. The van der Waals surface area contributed by atoms with Crippen LogP contribution in [-0.2, 0) is 19.1 Å². The van der Waals surface area contributed by atoms with Crippen molar-refractivity contribution < 1.29 is 38.5 Å². The zero-order valence-electron chi connectivity index (χ0n) is 29.1. The maximum absolute atomic E-state index is 14.4. The van der Waals surface area contributed by atoms with Crippen LogP contribution in [0.25, 0.3) is 11.1 Å². The van der Waals surface area contributed by atoms with Gasteiger partial charge in [-0.3, -0.25) is 14.4 Å². The maximum atomic E-state index is 14.4. The van der Waals surface area contributed by atoms with E-state index in [0.717, 1.165) is 11.1 Å². The molecule has 0 aromatic heterocycles. The number of carbonyl (C=O) groups is 4. The van der Waals surface area contributed by atoms with Gasteiger partial charge in [-0.1, -0.05) is 74.5 Å². The highest BCUT2D eigenvalue weighted by molar-refractivity contribution is 6.08. The number of ether oxygens (including phenoxy) is 3. The fourth-order valence-electron chi connectivity index (χ4n) is 6.18. The molecule has 0 fully saturated rings. The minimum Gasteiger partial charge on any atom is -0.493 e. The van der Waals surface area contributed by atoms with Crippen LogP contribution in [0, 0.1) is 5.92 Å². The van der Waals surface area contributed by atoms with Crippen LogP contribution in [0.4, 0.5) is 5.69 Å². The van der Waals surface area contributed by atoms with Crippen LogP contribution in [-0.4, -0.2) is 60.8 Å². The molecule has 4 aromatic carbocycles. The highest BCUT2D eigenvalue weighted by Crippen LogP contribution is 2.43. The fourth-order valence-corrected chi connectivity index (χ4v) is 6.18. The summed E-state index contributed by atoms with van der Waals surface area (Å²) in [5.74, 6) is -1.55. The van der Waals surface area contributed by atoms with E-state index in [1.54, 1.807) is 67.6 Å². The predicted molar refractivity (Wildman–Crippen MR) is 193 cm³/mol. The maximum Gasteiger partial charge on any atom is 0.338 e. The summed E-state index contributed by atoms with van der Waals surface area (Å²) in [6.45, 7) is 5.80. The van der Waals surface area contributed by atoms with E-state index in [0.29, 0.717) is 29.0 Å². The highest BCUT2D eigenvalue weighted by Gasteiger charge is 2.48. The van der Waals surface area contributed by atoms with Gasteiger partial charge in [-0.25, -0.2) is 4.79 Å². The van der Waals surface area contributed by atoms with Crippen LogP contribution in [0.3, 0.4) is 0 Å². The number of esters is 2. The van der Waals surface area contributed by atoms with Crippen molar-refractivity contribution >= 4 is 29.4 Å². The van der Waals surface area contributed by atoms with Crippen LogP contribution >= 0.6 is 0 Å². The van der Waals surface area contributed by atoms with Crippen LogP contribution in [0.2, 0.25) is 0 Å². The molecule has 0 saturated carbocycles. The topological polar surface area (TPSA) is 131 Å². The van der Waals surface area contributed by atoms with E-state index < -0.39 is 36.0 Å². The summed E-state index contributed by atoms with van der Waals surface area (Å²) in [6, 6.07) is 28.4. The molecular weight excluding hydrogens is 648 g/mol. The summed E-state index contributed by atoms with van der Waals surface area (Å²) in [5.41, 5.74) is 3.38. The van der Waals surface area contributed by atoms with Gasteiger partial charge in [0.2, 0.25) is 5.91 Å².